The number of hydrogen-bond acceptors (Lipinski definition) is 4. The maximum absolute atomic E-state index is 12.2. The van der Waals surface area contributed by atoms with Crippen molar-refractivity contribution in [2.45, 2.75) is 45.3 Å². The molecule has 2 amide bonds. The fourth-order valence-corrected chi connectivity index (χ4v) is 3.78. The average molecular weight is 339 g/mol. The van der Waals surface area contributed by atoms with Crippen LogP contribution in [-0.4, -0.2) is 59.1 Å². The molecular formula is C16H25N3O3S. The highest BCUT2D eigenvalue weighted by Gasteiger charge is 2.35. The van der Waals surface area contributed by atoms with Gasteiger partial charge in [0.2, 0.25) is 0 Å². The van der Waals surface area contributed by atoms with Crippen molar-refractivity contribution < 1.29 is 14.7 Å². The molecule has 2 N–H and O–H groups in total. The van der Waals surface area contributed by atoms with Gasteiger partial charge in [-0.25, -0.2) is 4.79 Å². The molecule has 1 heterocycles. The predicted octanol–water partition coefficient (Wildman–Crippen LogP) is 2.14. The largest absolute Gasteiger partial charge is 0.480 e. The van der Waals surface area contributed by atoms with Gasteiger partial charge in [0, 0.05) is 28.9 Å². The second-order valence-corrected chi connectivity index (χ2v) is 7.47. The van der Waals surface area contributed by atoms with Gasteiger partial charge < -0.3 is 15.3 Å². The fourth-order valence-electron chi connectivity index (χ4n) is 2.84. The summed E-state index contributed by atoms with van der Waals surface area (Å²) in [5.41, 5.74) is 0. The number of carboxylic acids is 1. The van der Waals surface area contributed by atoms with Crippen molar-refractivity contribution in [1.82, 2.24) is 15.1 Å². The van der Waals surface area contributed by atoms with Crippen molar-refractivity contribution in [3.8, 4) is 0 Å². The molecule has 0 radical (unpaired) electrons. The summed E-state index contributed by atoms with van der Waals surface area (Å²) in [4.78, 5) is 29.1. The van der Waals surface area contributed by atoms with E-state index in [0.29, 0.717) is 6.54 Å². The average Bonchev–Trinajstić information content (AvgIpc) is 2.84. The SMILES string of the molecule is CCN(CC(=O)O)C1CC(NC(=O)N(C)Cc2ccc(C)s2)C1. The molecule has 0 aliphatic heterocycles. The molecule has 0 saturated heterocycles. The van der Waals surface area contributed by atoms with Gasteiger partial charge in [-0.3, -0.25) is 9.69 Å². The van der Waals surface area contributed by atoms with Crippen LogP contribution in [0.2, 0.25) is 0 Å². The monoisotopic (exact) mass is 339 g/mol. The first-order valence-electron chi connectivity index (χ1n) is 7.91. The fraction of sp³-hybridized carbons (Fsp3) is 0.625. The van der Waals surface area contributed by atoms with E-state index in [-0.39, 0.29) is 24.7 Å². The second kappa shape index (κ2) is 7.79. The summed E-state index contributed by atoms with van der Waals surface area (Å²) in [7, 11) is 1.79. The lowest BCUT2D eigenvalue weighted by molar-refractivity contribution is -0.139. The van der Waals surface area contributed by atoms with Crippen LogP contribution in [0, 0.1) is 6.92 Å². The highest BCUT2D eigenvalue weighted by atomic mass is 32.1. The Morgan fingerprint density at radius 3 is 2.61 bits per heavy atom. The third-order valence-electron chi connectivity index (χ3n) is 4.24. The highest BCUT2D eigenvalue weighted by molar-refractivity contribution is 7.11. The molecule has 2 rings (SSSR count). The van der Waals surface area contributed by atoms with Gasteiger partial charge in [-0.1, -0.05) is 6.92 Å². The van der Waals surface area contributed by atoms with E-state index < -0.39 is 5.97 Å². The molecule has 1 aliphatic carbocycles. The van der Waals surface area contributed by atoms with Crippen LogP contribution in [0.3, 0.4) is 0 Å². The van der Waals surface area contributed by atoms with E-state index in [1.54, 1.807) is 23.3 Å². The minimum atomic E-state index is -0.801. The molecule has 0 bridgehead atoms. The number of amides is 2. The van der Waals surface area contributed by atoms with Crippen molar-refractivity contribution in [3.63, 3.8) is 0 Å². The van der Waals surface area contributed by atoms with Crippen molar-refractivity contribution in [2.75, 3.05) is 20.1 Å². The summed E-state index contributed by atoms with van der Waals surface area (Å²) in [5.74, 6) is -0.801. The number of likely N-dealkylation sites (N-methyl/N-ethyl adjacent to an activating group) is 1. The van der Waals surface area contributed by atoms with Gasteiger partial charge in [-0.05, 0) is 38.4 Å². The van der Waals surface area contributed by atoms with E-state index >= 15 is 0 Å². The zero-order valence-corrected chi connectivity index (χ0v) is 14.7. The van der Waals surface area contributed by atoms with E-state index in [1.165, 1.54) is 9.75 Å². The van der Waals surface area contributed by atoms with Gasteiger partial charge in [0.25, 0.3) is 0 Å². The lowest BCUT2D eigenvalue weighted by atomic mass is 9.85. The number of nitrogens with one attached hydrogen (secondary N) is 1. The van der Waals surface area contributed by atoms with Crippen LogP contribution in [0.25, 0.3) is 0 Å². The Morgan fingerprint density at radius 2 is 2.09 bits per heavy atom. The molecule has 23 heavy (non-hydrogen) atoms. The van der Waals surface area contributed by atoms with E-state index in [9.17, 15) is 9.59 Å². The molecule has 7 heteroatoms. The lowest BCUT2D eigenvalue weighted by Gasteiger charge is -2.42. The molecule has 0 aromatic carbocycles. The van der Waals surface area contributed by atoms with E-state index in [2.05, 4.69) is 18.3 Å². The van der Waals surface area contributed by atoms with Crippen molar-refractivity contribution in [2.24, 2.45) is 0 Å². The predicted molar refractivity (Wildman–Crippen MR) is 90.7 cm³/mol. The molecule has 0 spiro atoms. The number of carbonyl (C=O) groups excluding carboxylic acids is 1. The molecule has 0 unspecified atom stereocenters. The number of aliphatic carboxylic acids is 1. The maximum Gasteiger partial charge on any atom is 0.317 e. The third-order valence-corrected chi connectivity index (χ3v) is 5.22. The Kier molecular flexibility index (Phi) is 6.01. The number of nitrogens with zero attached hydrogens (tertiary/aromatic N) is 2. The van der Waals surface area contributed by atoms with Crippen LogP contribution in [-0.2, 0) is 11.3 Å². The number of carbonyl (C=O) groups is 2. The molecule has 1 fully saturated rings. The van der Waals surface area contributed by atoms with Crippen LogP contribution < -0.4 is 5.32 Å². The van der Waals surface area contributed by atoms with Gasteiger partial charge in [0.1, 0.15) is 0 Å². The summed E-state index contributed by atoms with van der Waals surface area (Å²) < 4.78 is 0. The Balaban J connectivity index is 1.73. The molecule has 1 saturated carbocycles. The number of thiophene rings is 1. The van der Waals surface area contributed by atoms with Gasteiger partial charge in [0.05, 0.1) is 13.1 Å². The second-order valence-electron chi connectivity index (χ2n) is 6.10. The Hall–Kier alpha value is -1.60. The maximum atomic E-state index is 12.2. The highest BCUT2D eigenvalue weighted by Crippen LogP contribution is 2.26. The van der Waals surface area contributed by atoms with Crippen LogP contribution in [0.4, 0.5) is 4.79 Å². The van der Waals surface area contributed by atoms with Crippen molar-refractivity contribution >= 4 is 23.3 Å². The van der Waals surface area contributed by atoms with Crippen LogP contribution in [0.15, 0.2) is 12.1 Å². The zero-order valence-electron chi connectivity index (χ0n) is 13.9. The van der Waals surface area contributed by atoms with Crippen LogP contribution in [0.1, 0.15) is 29.5 Å². The minimum absolute atomic E-state index is 0.0687. The summed E-state index contributed by atoms with van der Waals surface area (Å²) in [6, 6.07) is 4.44. The Morgan fingerprint density at radius 1 is 1.39 bits per heavy atom. The molecular weight excluding hydrogens is 314 g/mol. The number of urea groups is 1. The standard InChI is InChI=1S/C16H25N3O3S/c1-4-19(10-15(20)21)13-7-12(8-13)17-16(22)18(3)9-14-6-5-11(2)23-14/h5-6,12-13H,4,7-10H2,1-3H3,(H,17,22)(H,20,21). The summed E-state index contributed by atoms with van der Waals surface area (Å²) in [6.07, 6.45) is 1.64. The normalized spacial score (nSPS) is 20.2. The van der Waals surface area contributed by atoms with E-state index in [4.69, 9.17) is 5.11 Å². The number of carboxylic acid groups (broad SMARTS) is 1. The molecule has 1 aromatic rings. The van der Waals surface area contributed by atoms with Crippen molar-refractivity contribution in [3.05, 3.63) is 21.9 Å². The molecule has 1 aliphatic rings. The first-order chi connectivity index (χ1) is 10.9. The molecule has 128 valence electrons. The summed E-state index contributed by atoms with van der Waals surface area (Å²) in [6.45, 7) is 5.42. The third kappa shape index (κ3) is 4.94. The van der Waals surface area contributed by atoms with Crippen LogP contribution >= 0.6 is 11.3 Å². The zero-order chi connectivity index (χ0) is 17.0. The first kappa shape index (κ1) is 17.7. The Bertz CT molecular complexity index is 555. The number of hydrogen-bond donors (Lipinski definition) is 2. The van der Waals surface area contributed by atoms with Gasteiger partial charge in [-0.15, -0.1) is 11.3 Å². The first-order valence-corrected chi connectivity index (χ1v) is 8.73. The minimum Gasteiger partial charge on any atom is -0.480 e. The number of aryl methyl sites for hydroxylation is 1. The van der Waals surface area contributed by atoms with Crippen LogP contribution in [0.5, 0.6) is 0 Å². The lowest BCUT2D eigenvalue weighted by Crippen LogP contribution is -2.56. The quantitative estimate of drug-likeness (QED) is 0.798. The summed E-state index contributed by atoms with van der Waals surface area (Å²) in [5, 5.41) is 11.9. The van der Waals surface area contributed by atoms with E-state index in [0.717, 1.165) is 19.4 Å². The number of rotatable bonds is 7. The molecule has 0 atom stereocenters. The molecule has 1 aromatic heterocycles. The topological polar surface area (TPSA) is 72.9 Å². The van der Waals surface area contributed by atoms with Gasteiger partial charge in [0.15, 0.2) is 0 Å². The Labute approximate surface area is 141 Å². The van der Waals surface area contributed by atoms with Gasteiger partial charge >= 0.3 is 12.0 Å². The molecule has 6 nitrogen and oxygen atoms in total. The smallest absolute Gasteiger partial charge is 0.317 e. The van der Waals surface area contributed by atoms with Gasteiger partial charge in [-0.2, -0.15) is 0 Å². The van der Waals surface area contributed by atoms with Crippen molar-refractivity contribution in [1.29, 1.82) is 0 Å². The van der Waals surface area contributed by atoms with E-state index in [1.807, 2.05) is 17.9 Å². The summed E-state index contributed by atoms with van der Waals surface area (Å²) >= 11 is 1.70.